The first-order chi connectivity index (χ1) is 7.69. The van der Waals surface area contributed by atoms with Gasteiger partial charge in [-0.15, -0.1) is 0 Å². The minimum atomic E-state index is -0.517. The molecule has 0 aliphatic carbocycles. The molecule has 0 radical (unpaired) electrons. The molecule has 0 saturated carbocycles. The van der Waals surface area contributed by atoms with Gasteiger partial charge in [-0.25, -0.2) is 9.78 Å². The second kappa shape index (κ2) is 6.42. The molecule has 6 heteroatoms. The number of aliphatic hydroxyl groups is 1. The van der Waals surface area contributed by atoms with Crippen LogP contribution in [0.25, 0.3) is 0 Å². The summed E-state index contributed by atoms with van der Waals surface area (Å²) in [5, 5.41) is 11.8. The van der Waals surface area contributed by atoms with Gasteiger partial charge in [-0.3, -0.25) is 0 Å². The molecule has 0 atom stereocenters. The lowest BCUT2D eigenvalue weighted by Crippen LogP contribution is -2.18. The van der Waals surface area contributed by atoms with Gasteiger partial charge in [-0.1, -0.05) is 17.7 Å². The Morgan fingerprint density at radius 2 is 2.38 bits per heavy atom. The molecule has 0 spiro atoms. The highest BCUT2D eigenvalue weighted by atomic mass is 35.5. The molecule has 0 bridgehead atoms. The summed E-state index contributed by atoms with van der Waals surface area (Å²) >= 11 is 5.89. The summed E-state index contributed by atoms with van der Waals surface area (Å²) in [7, 11) is 1.29. The van der Waals surface area contributed by atoms with E-state index in [0.29, 0.717) is 13.1 Å². The van der Waals surface area contributed by atoms with E-state index < -0.39 is 5.97 Å². The van der Waals surface area contributed by atoms with Crippen LogP contribution in [0.15, 0.2) is 12.1 Å². The van der Waals surface area contributed by atoms with Gasteiger partial charge in [0.1, 0.15) is 10.8 Å². The summed E-state index contributed by atoms with van der Waals surface area (Å²) < 4.78 is 4.52. The molecule has 1 rings (SSSR count). The van der Waals surface area contributed by atoms with Crippen LogP contribution in [0.2, 0.25) is 5.15 Å². The first-order valence-corrected chi connectivity index (χ1v) is 5.12. The highest BCUT2D eigenvalue weighted by Gasteiger charge is 2.09. The zero-order valence-electron chi connectivity index (χ0n) is 8.86. The van der Waals surface area contributed by atoms with Crippen LogP contribution in [0, 0.1) is 0 Å². The average molecular weight is 245 g/mol. The smallest absolute Gasteiger partial charge is 0.356 e. The number of carbonyl (C=O) groups excluding carboxylic acids is 1. The number of nitrogens with zero attached hydrogens (tertiary/aromatic N) is 1. The number of esters is 1. The van der Waals surface area contributed by atoms with Crippen LogP contribution >= 0.6 is 11.6 Å². The van der Waals surface area contributed by atoms with Crippen LogP contribution in [0.4, 0.5) is 0 Å². The normalized spacial score (nSPS) is 10.2. The van der Waals surface area contributed by atoms with Crippen LogP contribution in [-0.2, 0) is 11.3 Å². The number of rotatable bonds is 5. The van der Waals surface area contributed by atoms with Crippen LogP contribution in [-0.4, -0.2) is 36.3 Å². The Bertz CT molecular complexity index is 371. The molecular formula is C10H13ClN2O3. The maximum atomic E-state index is 11.1. The lowest BCUT2D eigenvalue weighted by Gasteiger charge is -2.06. The fourth-order valence-electron chi connectivity index (χ4n) is 1.12. The maximum Gasteiger partial charge on any atom is 0.356 e. The molecule has 1 aromatic heterocycles. The summed E-state index contributed by atoms with van der Waals surface area (Å²) in [5.41, 5.74) is 0.946. The molecule has 5 nitrogen and oxygen atoms in total. The van der Waals surface area contributed by atoms with Crippen molar-refractivity contribution in [3.8, 4) is 0 Å². The lowest BCUT2D eigenvalue weighted by atomic mass is 10.2. The first-order valence-electron chi connectivity index (χ1n) is 4.74. The van der Waals surface area contributed by atoms with Crippen molar-refractivity contribution in [1.82, 2.24) is 10.3 Å². The fourth-order valence-corrected chi connectivity index (χ4v) is 1.34. The van der Waals surface area contributed by atoms with Gasteiger partial charge in [0.15, 0.2) is 0 Å². The summed E-state index contributed by atoms with van der Waals surface area (Å²) in [6, 6.07) is 3.25. The summed E-state index contributed by atoms with van der Waals surface area (Å²) in [5.74, 6) is -0.517. The van der Waals surface area contributed by atoms with Gasteiger partial charge >= 0.3 is 5.97 Å². The zero-order chi connectivity index (χ0) is 12.0. The van der Waals surface area contributed by atoms with Crippen molar-refractivity contribution in [2.24, 2.45) is 0 Å². The van der Waals surface area contributed by atoms with Crippen molar-refractivity contribution in [1.29, 1.82) is 0 Å². The molecule has 2 N–H and O–H groups in total. The number of nitrogens with one attached hydrogen (secondary N) is 1. The van der Waals surface area contributed by atoms with E-state index in [2.05, 4.69) is 15.0 Å². The van der Waals surface area contributed by atoms with E-state index in [4.69, 9.17) is 16.7 Å². The summed E-state index contributed by atoms with van der Waals surface area (Å²) in [4.78, 5) is 15.1. The van der Waals surface area contributed by atoms with Crippen LogP contribution < -0.4 is 5.32 Å². The number of pyridine rings is 1. The minimum Gasteiger partial charge on any atom is -0.464 e. The molecule has 0 fully saturated rings. The van der Waals surface area contributed by atoms with E-state index in [-0.39, 0.29) is 17.5 Å². The van der Waals surface area contributed by atoms with Crippen molar-refractivity contribution in [2.75, 3.05) is 20.3 Å². The molecule has 0 saturated heterocycles. The number of aliphatic hydroxyl groups excluding tert-OH is 1. The largest absolute Gasteiger partial charge is 0.464 e. The number of aromatic nitrogens is 1. The molecule has 0 aromatic carbocycles. The third-order valence-corrected chi connectivity index (χ3v) is 2.25. The van der Waals surface area contributed by atoms with Gasteiger partial charge < -0.3 is 15.2 Å². The van der Waals surface area contributed by atoms with Gasteiger partial charge in [0.2, 0.25) is 0 Å². The summed E-state index contributed by atoms with van der Waals surface area (Å²) in [6.07, 6.45) is 0. The van der Waals surface area contributed by atoms with E-state index in [9.17, 15) is 4.79 Å². The van der Waals surface area contributed by atoms with E-state index in [1.54, 1.807) is 12.1 Å². The first kappa shape index (κ1) is 12.9. The molecule has 0 unspecified atom stereocenters. The number of ether oxygens (including phenoxy) is 1. The van der Waals surface area contributed by atoms with E-state index in [1.165, 1.54) is 7.11 Å². The lowest BCUT2D eigenvalue weighted by molar-refractivity contribution is 0.0594. The van der Waals surface area contributed by atoms with Crippen LogP contribution in [0.3, 0.4) is 0 Å². The zero-order valence-corrected chi connectivity index (χ0v) is 9.62. The molecule has 88 valence electrons. The number of carbonyl (C=O) groups is 1. The number of hydrogen-bond donors (Lipinski definition) is 2. The van der Waals surface area contributed by atoms with Gasteiger partial charge in [-0.2, -0.15) is 0 Å². The SMILES string of the molecule is COC(=O)c1ccc(CNCCO)c(Cl)n1. The third kappa shape index (κ3) is 3.44. The molecule has 1 aromatic rings. The van der Waals surface area contributed by atoms with Crippen molar-refractivity contribution in [3.63, 3.8) is 0 Å². The molecule has 0 aliphatic heterocycles. The molecule has 16 heavy (non-hydrogen) atoms. The predicted octanol–water partition coefficient (Wildman–Crippen LogP) is 0.603. The van der Waals surface area contributed by atoms with Gasteiger partial charge in [0.05, 0.1) is 13.7 Å². The van der Waals surface area contributed by atoms with Crippen molar-refractivity contribution >= 4 is 17.6 Å². The number of halogens is 1. The van der Waals surface area contributed by atoms with E-state index in [1.807, 2.05) is 0 Å². The van der Waals surface area contributed by atoms with Gasteiger partial charge in [-0.05, 0) is 6.07 Å². The van der Waals surface area contributed by atoms with E-state index >= 15 is 0 Å². The Morgan fingerprint density at radius 1 is 1.62 bits per heavy atom. The molecular weight excluding hydrogens is 232 g/mol. The maximum absolute atomic E-state index is 11.1. The standard InChI is InChI=1S/C10H13ClN2O3/c1-16-10(15)8-3-2-7(9(11)13-8)6-12-4-5-14/h2-3,12,14H,4-6H2,1H3. The summed E-state index contributed by atoms with van der Waals surface area (Å²) in [6.45, 7) is 1.04. The highest BCUT2D eigenvalue weighted by Crippen LogP contribution is 2.14. The number of hydrogen-bond acceptors (Lipinski definition) is 5. The van der Waals surface area contributed by atoms with Gasteiger partial charge in [0.25, 0.3) is 0 Å². The molecule has 1 heterocycles. The van der Waals surface area contributed by atoms with Crippen LogP contribution in [0.5, 0.6) is 0 Å². The Balaban J connectivity index is 2.71. The van der Waals surface area contributed by atoms with E-state index in [0.717, 1.165) is 5.56 Å². The second-order valence-corrected chi connectivity index (χ2v) is 3.40. The molecule has 0 amide bonds. The van der Waals surface area contributed by atoms with Crippen LogP contribution in [0.1, 0.15) is 16.1 Å². The monoisotopic (exact) mass is 244 g/mol. The average Bonchev–Trinajstić information content (AvgIpc) is 2.30. The Kier molecular flexibility index (Phi) is 5.18. The van der Waals surface area contributed by atoms with Crippen molar-refractivity contribution < 1.29 is 14.6 Å². The Labute approximate surface area is 98.4 Å². The quantitative estimate of drug-likeness (QED) is 0.451. The number of methoxy groups -OCH3 is 1. The third-order valence-electron chi connectivity index (χ3n) is 1.92. The van der Waals surface area contributed by atoms with Crippen molar-refractivity contribution in [2.45, 2.75) is 6.54 Å². The topological polar surface area (TPSA) is 71.5 Å². The fraction of sp³-hybridized carbons (Fsp3) is 0.400. The minimum absolute atomic E-state index is 0.0608. The van der Waals surface area contributed by atoms with Gasteiger partial charge in [0, 0.05) is 18.7 Å². The Morgan fingerprint density at radius 3 is 2.94 bits per heavy atom. The molecule has 0 aliphatic rings. The second-order valence-electron chi connectivity index (χ2n) is 3.04. The highest BCUT2D eigenvalue weighted by molar-refractivity contribution is 6.30. The Hall–Kier alpha value is -1.17. The predicted molar refractivity (Wildman–Crippen MR) is 59.4 cm³/mol. The van der Waals surface area contributed by atoms with Crippen molar-refractivity contribution in [3.05, 3.63) is 28.5 Å².